The van der Waals surface area contributed by atoms with Crippen LogP contribution in [0.2, 0.25) is 0 Å². The van der Waals surface area contributed by atoms with E-state index in [4.69, 9.17) is 4.74 Å². The molecule has 0 radical (unpaired) electrons. The Hall–Kier alpha value is -0.120. The zero-order valence-corrected chi connectivity index (χ0v) is 12.5. The number of methoxy groups -OCH3 is 1. The van der Waals surface area contributed by atoms with Crippen LogP contribution in [0.25, 0.3) is 0 Å². The minimum atomic E-state index is 0.455. The van der Waals surface area contributed by atoms with Gasteiger partial charge >= 0.3 is 0 Å². The van der Waals surface area contributed by atoms with E-state index in [-0.39, 0.29) is 0 Å². The summed E-state index contributed by atoms with van der Waals surface area (Å²) in [5.74, 6) is 0. The Morgan fingerprint density at radius 2 is 1.95 bits per heavy atom. The first-order valence-corrected chi connectivity index (χ1v) is 8.33. The number of nitrogens with zero attached hydrogens (tertiary/aromatic N) is 1. The minimum Gasteiger partial charge on any atom is -0.381 e. The van der Waals surface area contributed by atoms with E-state index in [2.05, 4.69) is 10.2 Å². The zero-order chi connectivity index (χ0) is 13.1. The van der Waals surface area contributed by atoms with Crippen molar-refractivity contribution in [1.82, 2.24) is 10.2 Å². The molecule has 2 unspecified atom stereocenters. The Morgan fingerprint density at radius 1 is 1.11 bits per heavy atom. The van der Waals surface area contributed by atoms with E-state index in [9.17, 15) is 0 Å². The number of nitrogens with one attached hydrogen (secondary N) is 1. The molecule has 2 aliphatic carbocycles. The van der Waals surface area contributed by atoms with Crippen molar-refractivity contribution >= 4 is 0 Å². The molecule has 3 rings (SSSR count). The van der Waals surface area contributed by atoms with E-state index in [1.165, 1.54) is 77.4 Å². The van der Waals surface area contributed by atoms with Crippen LogP contribution < -0.4 is 5.32 Å². The highest BCUT2D eigenvalue weighted by Gasteiger charge is 2.38. The molecule has 2 saturated carbocycles. The van der Waals surface area contributed by atoms with Gasteiger partial charge in [-0.05, 0) is 58.0 Å². The second-order valence-electron chi connectivity index (χ2n) is 6.92. The van der Waals surface area contributed by atoms with Crippen LogP contribution in [0.5, 0.6) is 0 Å². The van der Waals surface area contributed by atoms with E-state index in [1.807, 2.05) is 7.11 Å². The highest BCUT2D eigenvalue weighted by molar-refractivity contribution is 4.98. The van der Waals surface area contributed by atoms with Gasteiger partial charge in [0.05, 0.1) is 6.10 Å². The molecular formula is C16H30N2O. The lowest BCUT2D eigenvalue weighted by atomic mass is 9.89. The van der Waals surface area contributed by atoms with E-state index in [0.717, 1.165) is 6.04 Å². The summed E-state index contributed by atoms with van der Waals surface area (Å²) in [7, 11) is 1.88. The van der Waals surface area contributed by atoms with Crippen LogP contribution in [0.15, 0.2) is 0 Å². The van der Waals surface area contributed by atoms with Crippen molar-refractivity contribution in [3.05, 3.63) is 0 Å². The predicted molar refractivity (Wildman–Crippen MR) is 78.4 cm³/mol. The van der Waals surface area contributed by atoms with Crippen LogP contribution >= 0.6 is 0 Å². The molecule has 3 fully saturated rings. The first-order chi connectivity index (χ1) is 9.31. The quantitative estimate of drug-likeness (QED) is 0.831. The Bertz CT molecular complexity index is 288. The van der Waals surface area contributed by atoms with Crippen molar-refractivity contribution in [2.24, 2.45) is 0 Å². The number of ether oxygens (including phenoxy) is 1. The summed E-state index contributed by atoms with van der Waals surface area (Å²) in [6, 6.07) is 0.774. The van der Waals surface area contributed by atoms with Gasteiger partial charge in [-0.15, -0.1) is 0 Å². The van der Waals surface area contributed by atoms with Gasteiger partial charge in [-0.3, -0.25) is 4.90 Å². The van der Waals surface area contributed by atoms with Gasteiger partial charge in [0.15, 0.2) is 0 Å². The summed E-state index contributed by atoms with van der Waals surface area (Å²) in [4.78, 5) is 2.80. The maximum atomic E-state index is 5.62. The average Bonchev–Trinajstić information content (AvgIpc) is 2.79. The first-order valence-electron chi connectivity index (χ1n) is 8.33. The van der Waals surface area contributed by atoms with E-state index in [1.54, 1.807) is 0 Å². The molecule has 3 nitrogen and oxygen atoms in total. The summed E-state index contributed by atoms with van der Waals surface area (Å²) in [5.41, 5.74) is 0.455. The Kier molecular flexibility index (Phi) is 4.45. The molecule has 0 aromatic carbocycles. The largest absolute Gasteiger partial charge is 0.381 e. The van der Waals surface area contributed by atoms with Crippen LogP contribution in [0.1, 0.15) is 57.8 Å². The molecule has 1 saturated heterocycles. The standard InChI is InChI=1S/C16H30N2O/c1-19-15-7-4-6-14(12-15)18-11-5-10-17-16(13-18)8-2-3-9-16/h14-15,17H,2-13H2,1H3. The zero-order valence-electron chi connectivity index (χ0n) is 12.5. The Balaban J connectivity index is 1.65. The van der Waals surface area contributed by atoms with E-state index < -0.39 is 0 Å². The van der Waals surface area contributed by atoms with Gasteiger partial charge in [0.1, 0.15) is 0 Å². The number of hydrogen-bond donors (Lipinski definition) is 1. The van der Waals surface area contributed by atoms with E-state index >= 15 is 0 Å². The van der Waals surface area contributed by atoms with Crippen LogP contribution in [-0.2, 0) is 4.74 Å². The van der Waals surface area contributed by atoms with Gasteiger partial charge in [0.25, 0.3) is 0 Å². The fourth-order valence-corrected chi connectivity index (χ4v) is 4.52. The van der Waals surface area contributed by atoms with Crippen molar-refractivity contribution in [1.29, 1.82) is 0 Å². The highest BCUT2D eigenvalue weighted by Crippen LogP contribution is 2.34. The average molecular weight is 266 g/mol. The molecule has 3 heteroatoms. The summed E-state index contributed by atoms with van der Waals surface area (Å²) in [5, 5.41) is 3.88. The molecule has 1 heterocycles. The van der Waals surface area contributed by atoms with Crippen molar-refractivity contribution in [3.63, 3.8) is 0 Å². The van der Waals surface area contributed by atoms with Crippen molar-refractivity contribution in [2.45, 2.75) is 75.5 Å². The SMILES string of the molecule is COC1CCCC(N2CCCNC3(CCCC3)C2)C1. The predicted octanol–water partition coefficient (Wildman–Crippen LogP) is 2.55. The Morgan fingerprint density at radius 3 is 2.74 bits per heavy atom. The molecule has 110 valence electrons. The van der Waals surface area contributed by atoms with Crippen molar-refractivity contribution in [2.75, 3.05) is 26.7 Å². The fourth-order valence-electron chi connectivity index (χ4n) is 4.52. The monoisotopic (exact) mass is 266 g/mol. The van der Waals surface area contributed by atoms with Gasteiger partial charge in [-0.2, -0.15) is 0 Å². The maximum absolute atomic E-state index is 5.62. The van der Waals surface area contributed by atoms with Crippen molar-refractivity contribution in [3.8, 4) is 0 Å². The highest BCUT2D eigenvalue weighted by atomic mass is 16.5. The van der Waals surface area contributed by atoms with Gasteiger partial charge in [-0.25, -0.2) is 0 Å². The fraction of sp³-hybridized carbons (Fsp3) is 1.00. The maximum Gasteiger partial charge on any atom is 0.0586 e. The first kappa shape index (κ1) is 13.8. The van der Waals surface area contributed by atoms with Gasteiger partial charge < -0.3 is 10.1 Å². The minimum absolute atomic E-state index is 0.455. The van der Waals surface area contributed by atoms with Gasteiger partial charge in [-0.1, -0.05) is 12.8 Å². The lowest BCUT2D eigenvalue weighted by Crippen LogP contribution is -2.52. The molecule has 1 aliphatic heterocycles. The second-order valence-corrected chi connectivity index (χ2v) is 6.92. The third-order valence-corrected chi connectivity index (χ3v) is 5.64. The second kappa shape index (κ2) is 6.11. The Labute approximate surface area is 118 Å². The molecule has 3 aliphatic rings. The molecule has 1 N–H and O–H groups in total. The third kappa shape index (κ3) is 3.14. The van der Waals surface area contributed by atoms with Crippen LogP contribution in [0.4, 0.5) is 0 Å². The molecule has 0 amide bonds. The van der Waals surface area contributed by atoms with Crippen LogP contribution in [-0.4, -0.2) is 49.3 Å². The molecule has 0 aromatic rings. The summed E-state index contributed by atoms with van der Waals surface area (Å²) < 4.78 is 5.62. The lowest BCUT2D eigenvalue weighted by molar-refractivity contribution is 0.0230. The smallest absolute Gasteiger partial charge is 0.0586 e. The van der Waals surface area contributed by atoms with Gasteiger partial charge in [0, 0.05) is 25.2 Å². The molecule has 1 spiro atoms. The van der Waals surface area contributed by atoms with Crippen molar-refractivity contribution < 1.29 is 4.74 Å². The molecular weight excluding hydrogens is 236 g/mol. The van der Waals surface area contributed by atoms with Crippen LogP contribution in [0, 0.1) is 0 Å². The molecule has 2 atom stereocenters. The summed E-state index contributed by atoms with van der Waals surface area (Å²) in [6.07, 6.45) is 12.7. The normalized spacial score (nSPS) is 36.5. The lowest BCUT2D eigenvalue weighted by Gasteiger charge is -2.40. The summed E-state index contributed by atoms with van der Waals surface area (Å²) in [6.45, 7) is 3.79. The number of rotatable bonds is 2. The third-order valence-electron chi connectivity index (χ3n) is 5.64. The molecule has 0 aromatic heterocycles. The van der Waals surface area contributed by atoms with Crippen LogP contribution in [0.3, 0.4) is 0 Å². The number of hydrogen-bond acceptors (Lipinski definition) is 3. The molecule has 0 bridgehead atoms. The van der Waals surface area contributed by atoms with Gasteiger partial charge in [0.2, 0.25) is 0 Å². The topological polar surface area (TPSA) is 24.5 Å². The van der Waals surface area contributed by atoms with E-state index in [0.29, 0.717) is 11.6 Å². The summed E-state index contributed by atoms with van der Waals surface area (Å²) >= 11 is 0. The molecule has 19 heavy (non-hydrogen) atoms.